The number of rotatable bonds is 4. The molecule has 1 unspecified atom stereocenters. The lowest BCUT2D eigenvalue weighted by atomic mass is 10.1. The summed E-state index contributed by atoms with van der Waals surface area (Å²) >= 11 is 1.50. The lowest BCUT2D eigenvalue weighted by molar-refractivity contribution is -0.118. The van der Waals surface area contributed by atoms with Gasteiger partial charge in [0, 0.05) is 17.1 Å². The molecule has 0 bridgehead atoms. The number of thiophene rings is 1. The first-order chi connectivity index (χ1) is 10.6. The van der Waals surface area contributed by atoms with Crippen LogP contribution in [0.4, 0.5) is 10.5 Å². The number of nitrogens with zero attached hydrogens (tertiary/aromatic N) is 1. The van der Waals surface area contributed by atoms with E-state index >= 15 is 0 Å². The average Bonchev–Trinajstić information content (AvgIpc) is 3.15. The third kappa shape index (κ3) is 2.96. The molecule has 1 aromatic carbocycles. The largest absolute Gasteiger partial charge is 0.352 e. The van der Waals surface area contributed by atoms with Crippen molar-refractivity contribution in [3.05, 3.63) is 52.2 Å². The van der Waals surface area contributed by atoms with Crippen LogP contribution in [0.25, 0.3) is 0 Å². The molecule has 1 aliphatic rings. The number of amides is 3. The Kier molecular flexibility index (Phi) is 4.11. The number of carbonyl (C=O) groups is 2. The molecular weight excluding hydrogens is 298 g/mol. The second-order valence-electron chi connectivity index (χ2n) is 5.20. The number of carbonyl (C=O) groups excluding carboxylic acids is 2. The Morgan fingerprint density at radius 1 is 1.27 bits per heavy atom. The number of fused-ring (bicyclic) bond motifs is 1. The lowest BCUT2D eigenvalue weighted by Crippen LogP contribution is -2.37. The maximum atomic E-state index is 12.6. The van der Waals surface area contributed by atoms with E-state index < -0.39 is 6.03 Å². The van der Waals surface area contributed by atoms with Crippen molar-refractivity contribution in [1.82, 2.24) is 5.32 Å². The predicted molar refractivity (Wildman–Crippen MR) is 86.9 cm³/mol. The maximum absolute atomic E-state index is 12.6. The highest BCUT2D eigenvalue weighted by atomic mass is 32.1. The standard InChI is InChI=1S/C16H17N3O2S/c17-16(21)18-12(14-6-3-9-22-14)10-15(20)19-8-7-11-4-1-2-5-13(11)19/h1-6,9,12H,7-8,10H2,(H3,17,18,21). The SMILES string of the molecule is NC(=O)NC(CC(=O)N1CCc2ccccc21)c1cccs1. The van der Waals surface area contributed by atoms with E-state index in [1.807, 2.05) is 41.8 Å². The van der Waals surface area contributed by atoms with Crippen LogP contribution in [0.2, 0.25) is 0 Å². The number of hydrogen-bond donors (Lipinski definition) is 2. The molecule has 0 fully saturated rings. The first kappa shape index (κ1) is 14.6. The van der Waals surface area contributed by atoms with Gasteiger partial charge in [-0.05, 0) is 29.5 Å². The van der Waals surface area contributed by atoms with Gasteiger partial charge in [-0.3, -0.25) is 4.79 Å². The molecule has 1 aliphatic heterocycles. The van der Waals surface area contributed by atoms with Crippen LogP contribution in [-0.4, -0.2) is 18.5 Å². The van der Waals surface area contributed by atoms with E-state index in [0.29, 0.717) is 6.54 Å². The van der Waals surface area contributed by atoms with Gasteiger partial charge < -0.3 is 16.0 Å². The van der Waals surface area contributed by atoms with Crippen molar-refractivity contribution in [2.24, 2.45) is 5.73 Å². The Hall–Kier alpha value is -2.34. The summed E-state index contributed by atoms with van der Waals surface area (Å²) < 4.78 is 0. The molecule has 0 saturated carbocycles. The zero-order valence-electron chi connectivity index (χ0n) is 12.0. The van der Waals surface area contributed by atoms with Crippen molar-refractivity contribution in [3.8, 4) is 0 Å². The summed E-state index contributed by atoms with van der Waals surface area (Å²) in [6, 6.07) is 10.7. The summed E-state index contributed by atoms with van der Waals surface area (Å²) in [5.74, 6) is -0.00269. The number of para-hydroxylation sites is 1. The predicted octanol–water partition coefficient (Wildman–Crippen LogP) is 2.44. The average molecular weight is 315 g/mol. The fraction of sp³-hybridized carbons (Fsp3) is 0.250. The molecule has 3 rings (SSSR count). The van der Waals surface area contributed by atoms with Crippen LogP contribution in [0, 0.1) is 0 Å². The Labute approximate surface area is 132 Å². The van der Waals surface area contributed by atoms with E-state index in [-0.39, 0.29) is 18.4 Å². The van der Waals surface area contributed by atoms with Crippen LogP contribution in [-0.2, 0) is 11.2 Å². The van der Waals surface area contributed by atoms with Crippen molar-refractivity contribution in [2.75, 3.05) is 11.4 Å². The molecule has 5 nitrogen and oxygen atoms in total. The van der Waals surface area contributed by atoms with Crippen LogP contribution in [0.1, 0.15) is 22.9 Å². The van der Waals surface area contributed by atoms with E-state index in [2.05, 4.69) is 5.32 Å². The molecule has 114 valence electrons. The number of nitrogens with one attached hydrogen (secondary N) is 1. The normalized spacial score (nSPS) is 14.5. The van der Waals surface area contributed by atoms with Gasteiger partial charge in [0.25, 0.3) is 0 Å². The summed E-state index contributed by atoms with van der Waals surface area (Å²) in [5, 5.41) is 4.58. The highest BCUT2D eigenvalue weighted by molar-refractivity contribution is 7.10. The van der Waals surface area contributed by atoms with E-state index in [1.54, 1.807) is 4.90 Å². The molecule has 2 heterocycles. The van der Waals surface area contributed by atoms with E-state index in [4.69, 9.17) is 5.73 Å². The van der Waals surface area contributed by atoms with Gasteiger partial charge in [0.15, 0.2) is 0 Å². The summed E-state index contributed by atoms with van der Waals surface area (Å²) in [7, 11) is 0. The minimum absolute atomic E-state index is 0.00269. The molecule has 22 heavy (non-hydrogen) atoms. The van der Waals surface area contributed by atoms with Crippen LogP contribution in [0.3, 0.4) is 0 Å². The zero-order valence-corrected chi connectivity index (χ0v) is 12.8. The van der Waals surface area contributed by atoms with Crippen molar-refractivity contribution < 1.29 is 9.59 Å². The van der Waals surface area contributed by atoms with Crippen LogP contribution >= 0.6 is 11.3 Å². The van der Waals surface area contributed by atoms with Gasteiger partial charge in [0.05, 0.1) is 12.5 Å². The van der Waals surface area contributed by atoms with Gasteiger partial charge in [-0.25, -0.2) is 4.79 Å². The minimum Gasteiger partial charge on any atom is -0.352 e. The van der Waals surface area contributed by atoms with Crippen molar-refractivity contribution in [1.29, 1.82) is 0 Å². The van der Waals surface area contributed by atoms with E-state index in [1.165, 1.54) is 16.9 Å². The molecule has 2 aromatic rings. The summed E-state index contributed by atoms with van der Waals surface area (Å²) in [6.07, 6.45) is 1.08. The lowest BCUT2D eigenvalue weighted by Gasteiger charge is -2.21. The van der Waals surface area contributed by atoms with Crippen molar-refractivity contribution in [3.63, 3.8) is 0 Å². The Bertz CT molecular complexity index is 684. The van der Waals surface area contributed by atoms with Gasteiger partial charge in [0.1, 0.15) is 0 Å². The summed E-state index contributed by atoms with van der Waals surface area (Å²) in [6.45, 7) is 0.686. The quantitative estimate of drug-likeness (QED) is 0.909. The van der Waals surface area contributed by atoms with Crippen molar-refractivity contribution >= 4 is 29.0 Å². The Balaban J connectivity index is 1.76. The number of urea groups is 1. The molecule has 3 N–H and O–H groups in total. The molecule has 6 heteroatoms. The Morgan fingerprint density at radius 2 is 2.09 bits per heavy atom. The highest BCUT2D eigenvalue weighted by Gasteiger charge is 2.27. The highest BCUT2D eigenvalue weighted by Crippen LogP contribution is 2.30. The zero-order chi connectivity index (χ0) is 15.5. The number of nitrogens with two attached hydrogens (primary N) is 1. The smallest absolute Gasteiger partial charge is 0.312 e. The van der Waals surface area contributed by atoms with Gasteiger partial charge in [0.2, 0.25) is 5.91 Å². The third-order valence-corrected chi connectivity index (χ3v) is 4.76. The van der Waals surface area contributed by atoms with Gasteiger partial charge in [-0.2, -0.15) is 0 Å². The maximum Gasteiger partial charge on any atom is 0.312 e. The molecule has 0 aliphatic carbocycles. The van der Waals surface area contributed by atoms with Gasteiger partial charge >= 0.3 is 6.03 Å². The number of primary amides is 1. The number of benzene rings is 1. The second kappa shape index (κ2) is 6.19. The van der Waals surface area contributed by atoms with E-state index in [9.17, 15) is 9.59 Å². The van der Waals surface area contributed by atoms with Crippen molar-refractivity contribution in [2.45, 2.75) is 18.9 Å². The van der Waals surface area contributed by atoms with E-state index in [0.717, 1.165) is 17.0 Å². The van der Waals surface area contributed by atoms with Crippen LogP contribution in [0.5, 0.6) is 0 Å². The molecule has 0 spiro atoms. The monoisotopic (exact) mass is 315 g/mol. The number of hydrogen-bond acceptors (Lipinski definition) is 3. The molecule has 0 radical (unpaired) electrons. The molecule has 1 atom stereocenters. The molecular formula is C16H17N3O2S. The summed E-state index contributed by atoms with van der Waals surface area (Å²) in [5.41, 5.74) is 7.39. The first-order valence-corrected chi connectivity index (χ1v) is 8.01. The van der Waals surface area contributed by atoms with Crippen LogP contribution < -0.4 is 16.0 Å². The molecule has 3 amide bonds. The molecule has 0 saturated heterocycles. The fourth-order valence-electron chi connectivity index (χ4n) is 2.77. The second-order valence-corrected chi connectivity index (χ2v) is 6.18. The molecule has 1 aromatic heterocycles. The number of anilines is 1. The first-order valence-electron chi connectivity index (χ1n) is 7.13. The Morgan fingerprint density at radius 3 is 2.82 bits per heavy atom. The van der Waals surface area contributed by atoms with Crippen LogP contribution in [0.15, 0.2) is 41.8 Å². The van der Waals surface area contributed by atoms with Gasteiger partial charge in [-0.15, -0.1) is 11.3 Å². The summed E-state index contributed by atoms with van der Waals surface area (Å²) in [4.78, 5) is 26.6. The fourth-order valence-corrected chi connectivity index (χ4v) is 3.54. The third-order valence-electron chi connectivity index (χ3n) is 3.77. The van der Waals surface area contributed by atoms with Gasteiger partial charge in [-0.1, -0.05) is 24.3 Å². The topological polar surface area (TPSA) is 75.4 Å². The minimum atomic E-state index is -0.618.